The number of carbonyl (C=O) groups is 1. The number of allylic oxidation sites excluding steroid dienone is 1. The summed E-state index contributed by atoms with van der Waals surface area (Å²) in [5.74, 6) is -0.405. The Balaban J connectivity index is 2.14. The van der Waals surface area contributed by atoms with Crippen molar-refractivity contribution in [1.82, 2.24) is 5.32 Å². The van der Waals surface area contributed by atoms with Gasteiger partial charge >= 0.3 is 17.7 Å². The van der Waals surface area contributed by atoms with Gasteiger partial charge in [-0.05, 0) is 18.4 Å². The molecule has 0 radical (unpaired) electrons. The molecule has 0 heterocycles. The number of nitrogens with zero attached hydrogens (tertiary/aromatic N) is 2. The Morgan fingerprint density at radius 1 is 1.32 bits per heavy atom. The largest absolute Gasteiger partial charge is 0.475 e. The van der Waals surface area contributed by atoms with Crippen molar-refractivity contribution >= 4 is 6.09 Å². The molecule has 7 nitrogen and oxygen atoms in total. The molecule has 22 heavy (non-hydrogen) atoms. The number of hydrogen-bond donors (Lipinski definition) is 2. The van der Waals surface area contributed by atoms with E-state index in [9.17, 15) is 9.90 Å². The lowest BCUT2D eigenvalue weighted by Crippen LogP contribution is -2.25. The molecule has 1 aromatic carbocycles. The smallest absolute Gasteiger partial charge is 0.440 e. The summed E-state index contributed by atoms with van der Waals surface area (Å²) in [5, 5.41) is 20.6. The van der Waals surface area contributed by atoms with Gasteiger partial charge in [0, 0.05) is 6.54 Å². The molecule has 0 saturated heterocycles. The topological polar surface area (TPSA) is 95.9 Å². The normalized spacial score (nSPS) is 11.1. The summed E-state index contributed by atoms with van der Waals surface area (Å²) >= 11 is 0. The number of aliphatic hydroxyl groups is 1. The first kappa shape index (κ1) is 17.3. The van der Waals surface area contributed by atoms with E-state index in [1.54, 1.807) is 0 Å². The average molecular weight is 306 g/mol. The fourth-order valence-electron chi connectivity index (χ4n) is 1.70. The van der Waals surface area contributed by atoms with Gasteiger partial charge in [-0.1, -0.05) is 30.3 Å². The van der Waals surface area contributed by atoms with Crippen molar-refractivity contribution < 1.29 is 19.4 Å². The first-order chi connectivity index (χ1) is 10.7. The van der Waals surface area contributed by atoms with Gasteiger partial charge in [0.1, 0.15) is 6.61 Å². The zero-order valence-corrected chi connectivity index (χ0v) is 12.5. The van der Waals surface area contributed by atoms with Crippen LogP contribution in [0.1, 0.15) is 24.8 Å². The van der Waals surface area contributed by atoms with Crippen LogP contribution in [0.3, 0.4) is 0 Å². The van der Waals surface area contributed by atoms with Crippen molar-refractivity contribution in [2.75, 3.05) is 13.7 Å². The van der Waals surface area contributed by atoms with Gasteiger partial charge in [-0.15, -0.1) is 0 Å². The van der Waals surface area contributed by atoms with Crippen LogP contribution in [-0.4, -0.2) is 24.9 Å². The van der Waals surface area contributed by atoms with Crippen molar-refractivity contribution in [1.29, 1.82) is 5.39 Å². The number of carbonyl (C=O) groups excluding carboxylic acids is 1. The third kappa shape index (κ3) is 6.61. The number of nitrogens with one attached hydrogen (secondary N) is 1. The molecular weight excluding hydrogens is 286 g/mol. The lowest BCUT2D eigenvalue weighted by molar-refractivity contribution is 0.130. The lowest BCUT2D eigenvalue weighted by Gasteiger charge is -2.06. The van der Waals surface area contributed by atoms with Crippen LogP contribution in [-0.2, 0) is 16.1 Å². The van der Waals surface area contributed by atoms with Crippen molar-refractivity contribution in [3.8, 4) is 0 Å². The standard InChI is InChI=1S/C15H19N3O4/c1-21-14(19)13(18-16)9-5-6-10-17-15(20)22-11-12-7-3-2-4-8-12/h2-4,7-8H,5-6,9-11H2,1H3,(H-,17,19,20)/p+1/b14-13-. The molecule has 2 N–H and O–H groups in total. The van der Waals surface area contributed by atoms with Crippen molar-refractivity contribution in [2.45, 2.75) is 25.9 Å². The second kappa shape index (κ2) is 10.0. The number of unbranched alkanes of at least 4 members (excludes halogenated alkanes) is 1. The Labute approximate surface area is 129 Å². The van der Waals surface area contributed by atoms with Crippen molar-refractivity contribution in [2.24, 2.45) is 0 Å². The maximum atomic E-state index is 11.5. The van der Waals surface area contributed by atoms with Gasteiger partial charge in [0.15, 0.2) is 4.98 Å². The van der Waals surface area contributed by atoms with Gasteiger partial charge in [-0.25, -0.2) is 4.79 Å². The maximum absolute atomic E-state index is 11.5. The molecule has 1 rings (SSSR count). The van der Waals surface area contributed by atoms with Gasteiger partial charge in [0.2, 0.25) is 5.39 Å². The fraction of sp³-hybridized carbons (Fsp3) is 0.400. The van der Waals surface area contributed by atoms with E-state index in [2.05, 4.69) is 15.0 Å². The number of diazo groups is 1. The molecule has 7 heteroatoms. The number of ether oxygens (including phenoxy) is 2. The lowest BCUT2D eigenvalue weighted by atomic mass is 10.2. The van der Waals surface area contributed by atoms with Crippen LogP contribution in [0.15, 0.2) is 42.0 Å². The Kier molecular flexibility index (Phi) is 7.90. The summed E-state index contributed by atoms with van der Waals surface area (Å²) in [4.78, 5) is 14.4. The van der Waals surface area contributed by atoms with Gasteiger partial charge in [-0.2, -0.15) is 0 Å². The molecule has 0 aliphatic carbocycles. The van der Waals surface area contributed by atoms with E-state index in [4.69, 9.17) is 10.1 Å². The number of aliphatic hydroxyl groups excluding tert-OH is 1. The molecule has 0 saturated carbocycles. The highest BCUT2D eigenvalue weighted by Crippen LogP contribution is 2.12. The molecule has 0 bridgehead atoms. The van der Waals surface area contributed by atoms with Crippen LogP contribution in [0, 0.1) is 5.39 Å². The van der Waals surface area contributed by atoms with E-state index >= 15 is 0 Å². The number of rotatable bonds is 8. The molecule has 0 atom stereocenters. The molecule has 0 unspecified atom stereocenters. The summed E-state index contributed by atoms with van der Waals surface area (Å²) in [5.41, 5.74) is 1.00. The minimum atomic E-state index is -0.480. The van der Waals surface area contributed by atoms with E-state index in [1.807, 2.05) is 30.3 Å². The highest BCUT2D eigenvalue weighted by molar-refractivity contribution is 5.67. The number of benzene rings is 1. The minimum absolute atomic E-state index is 0.0779. The SMILES string of the molecule is CO/C(O)=C(/CCCCNC(=O)OCc1ccccc1)[N+]#N. The van der Waals surface area contributed by atoms with Gasteiger partial charge in [-0.3, -0.25) is 0 Å². The minimum Gasteiger partial charge on any atom is -0.475 e. The highest BCUT2D eigenvalue weighted by atomic mass is 16.6. The Morgan fingerprint density at radius 3 is 2.68 bits per heavy atom. The highest BCUT2D eigenvalue weighted by Gasteiger charge is 2.18. The zero-order chi connectivity index (χ0) is 16.2. The second-order valence-electron chi connectivity index (χ2n) is 4.50. The molecule has 0 aliphatic rings. The Bertz CT molecular complexity index is 537. The summed E-state index contributed by atoms with van der Waals surface area (Å²) in [6, 6.07) is 9.41. The van der Waals surface area contributed by atoms with E-state index in [0.717, 1.165) is 5.56 Å². The molecule has 1 amide bonds. The predicted molar refractivity (Wildman–Crippen MR) is 80.2 cm³/mol. The first-order valence-corrected chi connectivity index (χ1v) is 6.93. The Hall–Kier alpha value is -2.75. The monoisotopic (exact) mass is 306 g/mol. The quantitative estimate of drug-likeness (QED) is 0.436. The summed E-state index contributed by atoms with van der Waals surface area (Å²) < 4.78 is 9.62. The van der Waals surface area contributed by atoms with Crippen molar-refractivity contribution in [3.63, 3.8) is 0 Å². The Morgan fingerprint density at radius 2 is 2.05 bits per heavy atom. The van der Waals surface area contributed by atoms with Gasteiger partial charge in [0.25, 0.3) is 0 Å². The van der Waals surface area contributed by atoms with Crippen LogP contribution < -0.4 is 5.32 Å². The maximum Gasteiger partial charge on any atom is 0.440 e. The van der Waals surface area contributed by atoms with E-state index in [0.29, 0.717) is 25.8 Å². The molecular formula is C15H20N3O4+. The van der Waals surface area contributed by atoms with Crippen LogP contribution in [0.2, 0.25) is 0 Å². The van der Waals surface area contributed by atoms with Gasteiger partial charge in [0.05, 0.1) is 13.5 Å². The summed E-state index contributed by atoms with van der Waals surface area (Å²) in [6.07, 6.45) is 1.13. The molecule has 0 fully saturated rings. The molecule has 0 spiro atoms. The average Bonchev–Trinajstić information content (AvgIpc) is 2.56. The van der Waals surface area contributed by atoms with Crippen molar-refractivity contribution in [3.05, 3.63) is 52.5 Å². The molecule has 0 aliphatic heterocycles. The third-order valence-corrected chi connectivity index (χ3v) is 2.88. The second-order valence-corrected chi connectivity index (χ2v) is 4.50. The fourth-order valence-corrected chi connectivity index (χ4v) is 1.70. The zero-order valence-electron chi connectivity index (χ0n) is 12.5. The van der Waals surface area contributed by atoms with Crippen LogP contribution in [0.5, 0.6) is 0 Å². The third-order valence-electron chi connectivity index (χ3n) is 2.88. The number of amides is 1. The molecule has 1 aromatic rings. The van der Waals surface area contributed by atoms with Crippen LogP contribution >= 0.6 is 0 Å². The number of methoxy groups -OCH3 is 1. The number of hydrogen-bond acceptors (Lipinski definition) is 5. The molecule has 0 aromatic heterocycles. The van der Waals surface area contributed by atoms with Crippen LogP contribution in [0.25, 0.3) is 4.98 Å². The predicted octanol–water partition coefficient (Wildman–Crippen LogP) is 3.31. The van der Waals surface area contributed by atoms with E-state index in [-0.39, 0.29) is 12.3 Å². The van der Waals surface area contributed by atoms with E-state index < -0.39 is 12.0 Å². The summed E-state index contributed by atoms with van der Waals surface area (Å²) in [6.45, 7) is 0.657. The van der Waals surface area contributed by atoms with E-state index in [1.165, 1.54) is 7.11 Å². The number of alkyl carbamates (subject to hydrolysis) is 1. The molecule has 118 valence electrons. The van der Waals surface area contributed by atoms with Gasteiger partial charge < -0.3 is 19.9 Å². The summed E-state index contributed by atoms with van der Waals surface area (Å²) in [7, 11) is 1.28. The van der Waals surface area contributed by atoms with Crippen LogP contribution in [0.4, 0.5) is 4.79 Å². The first-order valence-electron chi connectivity index (χ1n) is 6.93.